The fourth-order valence-corrected chi connectivity index (χ4v) is 4.32. The van der Waals surface area contributed by atoms with E-state index in [1.54, 1.807) is 6.07 Å². The molecule has 26 heavy (non-hydrogen) atoms. The Morgan fingerprint density at radius 2 is 1.65 bits per heavy atom. The predicted molar refractivity (Wildman–Crippen MR) is 99.1 cm³/mol. The Balaban J connectivity index is 1.41. The average Bonchev–Trinajstić information content (AvgIpc) is 3.15. The molecule has 6 nitrogen and oxygen atoms in total. The van der Waals surface area contributed by atoms with Crippen molar-refractivity contribution in [3.63, 3.8) is 0 Å². The van der Waals surface area contributed by atoms with Gasteiger partial charge in [0.1, 0.15) is 0 Å². The first kappa shape index (κ1) is 17.2. The van der Waals surface area contributed by atoms with Gasteiger partial charge in [0.15, 0.2) is 11.5 Å². The lowest BCUT2D eigenvalue weighted by atomic mass is 10.1. The standard InChI is InChI=1S/C19H22N2O4S/c22-26(23,17-8-9-18-19(12-17)25-14-24-18)20-13-15-4-6-16(7-5-15)21-10-2-1-3-11-21/h4-9,12,20H,1-3,10-11,13-14H2. The van der Waals surface area contributed by atoms with Gasteiger partial charge in [-0.1, -0.05) is 12.1 Å². The number of nitrogens with zero attached hydrogens (tertiary/aromatic N) is 1. The van der Waals surface area contributed by atoms with Crippen molar-refractivity contribution in [2.24, 2.45) is 0 Å². The van der Waals surface area contributed by atoms with Crippen LogP contribution in [0.15, 0.2) is 47.4 Å². The summed E-state index contributed by atoms with van der Waals surface area (Å²) in [6, 6.07) is 12.7. The number of hydrogen-bond donors (Lipinski definition) is 1. The molecule has 0 bridgehead atoms. The molecule has 0 saturated carbocycles. The monoisotopic (exact) mass is 374 g/mol. The Morgan fingerprint density at radius 3 is 2.42 bits per heavy atom. The minimum atomic E-state index is -3.61. The third-order valence-electron chi connectivity index (χ3n) is 4.78. The first-order chi connectivity index (χ1) is 12.6. The fraction of sp³-hybridized carbons (Fsp3) is 0.368. The highest BCUT2D eigenvalue weighted by atomic mass is 32.2. The van der Waals surface area contributed by atoms with E-state index in [2.05, 4.69) is 21.8 Å². The summed E-state index contributed by atoms with van der Waals surface area (Å²) in [5.41, 5.74) is 2.13. The summed E-state index contributed by atoms with van der Waals surface area (Å²) in [6.07, 6.45) is 3.77. The van der Waals surface area contributed by atoms with E-state index in [4.69, 9.17) is 9.47 Å². The molecule has 0 aliphatic carbocycles. The molecule has 138 valence electrons. The summed E-state index contributed by atoms with van der Waals surface area (Å²) in [7, 11) is -3.61. The van der Waals surface area contributed by atoms with Crippen molar-refractivity contribution in [1.82, 2.24) is 4.72 Å². The third-order valence-corrected chi connectivity index (χ3v) is 6.18. The van der Waals surface area contributed by atoms with Gasteiger partial charge in [0.25, 0.3) is 0 Å². The molecule has 0 amide bonds. The molecular weight excluding hydrogens is 352 g/mol. The highest BCUT2D eigenvalue weighted by molar-refractivity contribution is 7.89. The molecule has 0 spiro atoms. The molecule has 0 aromatic heterocycles. The van der Waals surface area contributed by atoms with E-state index in [0.717, 1.165) is 18.7 Å². The summed E-state index contributed by atoms with van der Waals surface area (Å²) in [5, 5.41) is 0. The van der Waals surface area contributed by atoms with Gasteiger partial charge in [-0.2, -0.15) is 0 Å². The smallest absolute Gasteiger partial charge is 0.241 e. The van der Waals surface area contributed by atoms with E-state index in [1.807, 2.05) is 12.1 Å². The normalized spacial score (nSPS) is 16.7. The molecule has 1 fully saturated rings. The van der Waals surface area contributed by atoms with Crippen LogP contribution in [0, 0.1) is 0 Å². The van der Waals surface area contributed by atoms with E-state index >= 15 is 0 Å². The number of ether oxygens (including phenoxy) is 2. The van der Waals surface area contributed by atoms with Crippen LogP contribution in [0.3, 0.4) is 0 Å². The topological polar surface area (TPSA) is 67.9 Å². The Morgan fingerprint density at radius 1 is 0.923 bits per heavy atom. The summed E-state index contributed by atoms with van der Waals surface area (Å²) in [6.45, 7) is 2.55. The van der Waals surface area contributed by atoms with E-state index in [9.17, 15) is 8.42 Å². The molecule has 1 saturated heterocycles. The first-order valence-electron chi connectivity index (χ1n) is 8.85. The Labute approximate surface area is 153 Å². The van der Waals surface area contributed by atoms with Gasteiger partial charge in [-0.05, 0) is 49.1 Å². The third kappa shape index (κ3) is 3.64. The number of rotatable bonds is 5. The van der Waals surface area contributed by atoms with Gasteiger partial charge in [-0.3, -0.25) is 0 Å². The number of nitrogens with one attached hydrogen (secondary N) is 1. The zero-order chi connectivity index (χ0) is 18.0. The molecule has 2 aliphatic heterocycles. The van der Waals surface area contributed by atoms with Crippen molar-refractivity contribution in [2.45, 2.75) is 30.7 Å². The molecular formula is C19H22N2O4S. The van der Waals surface area contributed by atoms with E-state index in [1.165, 1.54) is 37.1 Å². The van der Waals surface area contributed by atoms with Gasteiger partial charge in [-0.25, -0.2) is 13.1 Å². The fourth-order valence-electron chi connectivity index (χ4n) is 3.28. The van der Waals surface area contributed by atoms with Crippen molar-refractivity contribution in [1.29, 1.82) is 0 Å². The van der Waals surface area contributed by atoms with Crippen LogP contribution in [0.5, 0.6) is 11.5 Å². The summed E-state index contributed by atoms with van der Waals surface area (Å²) >= 11 is 0. The highest BCUT2D eigenvalue weighted by Crippen LogP contribution is 2.33. The maximum absolute atomic E-state index is 12.5. The lowest BCUT2D eigenvalue weighted by Gasteiger charge is -2.28. The van der Waals surface area contributed by atoms with Crippen LogP contribution in [-0.2, 0) is 16.6 Å². The molecule has 2 aliphatic rings. The number of benzene rings is 2. The van der Waals surface area contributed by atoms with Gasteiger partial charge >= 0.3 is 0 Å². The van der Waals surface area contributed by atoms with Gasteiger partial charge in [-0.15, -0.1) is 0 Å². The molecule has 1 N–H and O–H groups in total. The highest BCUT2D eigenvalue weighted by Gasteiger charge is 2.20. The predicted octanol–water partition coefficient (Wildman–Crippen LogP) is 2.88. The second kappa shape index (κ2) is 7.17. The van der Waals surface area contributed by atoms with Crippen LogP contribution in [0.25, 0.3) is 0 Å². The molecule has 0 unspecified atom stereocenters. The second-order valence-electron chi connectivity index (χ2n) is 6.55. The number of anilines is 1. The largest absolute Gasteiger partial charge is 0.454 e. The SMILES string of the molecule is O=S(=O)(NCc1ccc(N2CCCCC2)cc1)c1ccc2c(c1)OCO2. The maximum Gasteiger partial charge on any atom is 0.241 e. The van der Waals surface area contributed by atoms with Crippen molar-refractivity contribution >= 4 is 15.7 Å². The zero-order valence-corrected chi connectivity index (χ0v) is 15.3. The molecule has 0 radical (unpaired) electrons. The molecule has 0 atom stereocenters. The number of piperidine rings is 1. The van der Waals surface area contributed by atoms with E-state index in [-0.39, 0.29) is 18.2 Å². The molecule has 2 heterocycles. The average molecular weight is 374 g/mol. The van der Waals surface area contributed by atoms with Crippen LogP contribution >= 0.6 is 0 Å². The van der Waals surface area contributed by atoms with E-state index in [0.29, 0.717) is 11.5 Å². The molecule has 2 aromatic rings. The summed E-state index contributed by atoms with van der Waals surface area (Å²) in [4.78, 5) is 2.55. The Hall–Kier alpha value is -2.25. The number of fused-ring (bicyclic) bond motifs is 1. The summed E-state index contributed by atoms with van der Waals surface area (Å²) < 4.78 is 38.1. The van der Waals surface area contributed by atoms with Crippen LogP contribution in [0.4, 0.5) is 5.69 Å². The minimum absolute atomic E-state index is 0.121. The Bertz CT molecular complexity index is 875. The maximum atomic E-state index is 12.5. The lowest BCUT2D eigenvalue weighted by molar-refractivity contribution is 0.174. The Kier molecular flexibility index (Phi) is 4.74. The molecule has 2 aromatic carbocycles. The lowest BCUT2D eigenvalue weighted by Crippen LogP contribution is -2.29. The van der Waals surface area contributed by atoms with Crippen molar-refractivity contribution in [2.75, 3.05) is 24.8 Å². The number of hydrogen-bond acceptors (Lipinski definition) is 5. The quantitative estimate of drug-likeness (QED) is 0.872. The van der Waals surface area contributed by atoms with Crippen LogP contribution in [0.2, 0.25) is 0 Å². The van der Waals surface area contributed by atoms with Gasteiger partial charge < -0.3 is 14.4 Å². The van der Waals surface area contributed by atoms with Crippen LogP contribution < -0.4 is 19.1 Å². The first-order valence-corrected chi connectivity index (χ1v) is 10.3. The van der Waals surface area contributed by atoms with Gasteiger partial charge in [0.2, 0.25) is 16.8 Å². The van der Waals surface area contributed by atoms with Crippen molar-refractivity contribution < 1.29 is 17.9 Å². The number of sulfonamides is 1. The van der Waals surface area contributed by atoms with Gasteiger partial charge in [0, 0.05) is 31.4 Å². The van der Waals surface area contributed by atoms with Crippen molar-refractivity contribution in [3.8, 4) is 11.5 Å². The van der Waals surface area contributed by atoms with Crippen LogP contribution in [-0.4, -0.2) is 28.3 Å². The molecule has 7 heteroatoms. The van der Waals surface area contributed by atoms with Gasteiger partial charge in [0.05, 0.1) is 4.90 Å². The molecule has 4 rings (SSSR count). The second-order valence-corrected chi connectivity index (χ2v) is 8.32. The van der Waals surface area contributed by atoms with Crippen molar-refractivity contribution in [3.05, 3.63) is 48.0 Å². The van der Waals surface area contributed by atoms with Crippen LogP contribution in [0.1, 0.15) is 24.8 Å². The van der Waals surface area contributed by atoms with E-state index < -0.39 is 10.0 Å². The summed E-state index contributed by atoms with van der Waals surface area (Å²) in [5.74, 6) is 1.02. The zero-order valence-electron chi connectivity index (χ0n) is 14.5. The minimum Gasteiger partial charge on any atom is -0.454 e.